The van der Waals surface area contributed by atoms with Crippen LogP contribution in [0.5, 0.6) is 0 Å². The molecule has 0 aliphatic heterocycles. The molecule has 0 aromatic rings. The van der Waals surface area contributed by atoms with Crippen molar-refractivity contribution < 1.29 is 10.1 Å². The van der Waals surface area contributed by atoms with Crippen molar-refractivity contribution in [3.8, 4) is 0 Å². The summed E-state index contributed by atoms with van der Waals surface area (Å²) < 4.78 is 0. The first-order valence-electron chi connectivity index (χ1n) is 0.267. The SMILES string of the molecule is [I][Ru][I].[NH2-].[NH2-].[NH2-].[NH2-]. The summed E-state index contributed by atoms with van der Waals surface area (Å²) in [6.45, 7) is 0. The monoisotopic (exact) mass is 420 g/mol. The predicted octanol–water partition coefficient (Wildman–Crippen LogP) is 4.64. The Bertz CT molecular complexity index is 9.65. The summed E-state index contributed by atoms with van der Waals surface area (Å²) in [6, 6.07) is 0. The number of rotatable bonds is 0. The Hall–Kier alpha value is 1.92. The van der Waals surface area contributed by atoms with Crippen LogP contribution in [0.25, 0.3) is 24.6 Å². The first-order chi connectivity index (χ1) is 1.41. The maximum Gasteiger partial charge on any atom is -0.693 e. The van der Waals surface area contributed by atoms with E-state index < -0.39 is 0 Å². The summed E-state index contributed by atoms with van der Waals surface area (Å²) in [5, 5.41) is 0. The zero-order chi connectivity index (χ0) is 2.71. The van der Waals surface area contributed by atoms with Gasteiger partial charge in [-0.1, -0.05) is 0 Å². The van der Waals surface area contributed by atoms with Gasteiger partial charge in [-0.3, -0.25) is 0 Å². The van der Waals surface area contributed by atoms with E-state index in [0.29, 0.717) is 10.1 Å². The van der Waals surface area contributed by atoms with E-state index in [0.717, 1.165) is 0 Å². The fourth-order valence-corrected chi connectivity index (χ4v) is 0. The van der Waals surface area contributed by atoms with Gasteiger partial charge < -0.3 is 24.6 Å². The quantitative estimate of drug-likeness (QED) is 0.400. The Morgan fingerprint density at radius 2 is 0.714 bits per heavy atom. The van der Waals surface area contributed by atoms with Crippen LogP contribution < -0.4 is 0 Å². The number of nitrogens with two attached hydrogens (primary N) is 4. The van der Waals surface area contributed by atoms with Gasteiger partial charge >= 0.3 is 49.6 Å². The van der Waals surface area contributed by atoms with Crippen molar-refractivity contribution in [2.24, 2.45) is 0 Å². The molecule has 0 amide bonds. The van der Waals surface area contributed by atoms with Crippen LogP contribution in [0.2, 0.25) is 0 Å². The molecule has 0 heterocycles. The molecule has 0 aliphatic carbocycles. The minimum atomic E-state index is 0. The minimum Gasteiger partial charge on any atom is -0.693 e. The van der Waals surface area contributed by atoms with Gasteiger partial charge in [0, 0.05) is 0 Å². The molecule has 0 rings (SSSR count). The van der Waals surface area contributed by atoms with Gasteiger partial charge in [0.1, 0.15) is 0 Å². The van der Waals surface area contributed by atoms with Crippen LogP contribution in [-0.4, -0.2) is 0 Å². The van der Waals surface area contributed by atoms with Gasteiger partial charge in [0.2, 0.25) is 0 Å². The van der Waals surface area contributed by atoms with Crippen LogP contribution in [0.1, 0.15) is 0 Å². The van der Waals surface area contributed by atoms with Crippen molar-refractivity contribution in [2.75, 3.05) is 0 Å². The Morgan fingerprint density at radius 1 is 0.714 bits per heavy atom. The smallest absolute Gasteiger partial charge is 0.693 e. The van der Waals surface area contributed by atoms with E-state index in [1.165, 1.54) is 0 Å². The molecule has 0 saturated carbocycles. The van der Waals surface area contributed by atoms with Gasteiger partial charge in [-0.25, -0.2) is 0 Å². The van der Waals surface area contributed by atoms with Crippen molar-refractivity contribution >= 4 is 39.5 Å². The molecule has 0 radical (unpaired) electrons. The minimum absolute atomic E-state index is 0. The molecule has 0 aromatic heterocycles. The van der Waals surface area contributed by atoms with E-state index in [1.807, 2.05) is 0 Å². The molecule has 0 aromatic carbocycles. The second kappa shape index (κ2) is 44.4. The van der Waals surface area contributed by atoms with Crippen molar-refractivity contribution in [1.82, 2.24) is 0 Å². The summed E-state index contributed by atoms with van der Waals surface area (Å²) in [4.78, 5) is 0. The Kier molecular flexibility index (Phi) is 231. The van der Waals surface area contributed by atoms with Crippen LogP contribution in [0, 0.1) is 0 Å². The standard InChI is InChI=1S/2HI.4H2N.Ru/h2*1H;4*1H2;/q;;4*-1;+2/p-2. The Labute approximate surface area is 73.2 Å². The Balaban J connectivity index is -0.00000000333. The molecule has 0 bridgehead atoms. The molecule has 54 valence electrons. The van der Waals surface area contributed by atoms with E-state index in [1.54, 1.807) is 0 Å². The zero-order valence-electron chi connectivity index (χ0n) is 3.42. The molecule has 7 heavy (non-hydrogen) atoms. The van der Waals surface area contributed by atoms with Gasteiger partial charge in [-0.2, -0.15) is 0 Å². The van der Waals surface area contributed by atoms with Crippen LogP contribution in [0.4, 0.5) is 0 Å². The van der Waals surface area contributed by atoms with Gasteiger partial charge in [0.25, 0.3) is 0 Å². The topological polar surface area (TPSA) is 134 Å². The van der Waals surface area contributed by atoms with Crippen LogP contribution in [0.3, 0.4) is 0 Å². The molecule has 8 N–H and O–H groups in total. The third kappa shape index (κ3) is 75.1. The maximum absolute atomic E-state index is 2.37. The molecule has 0 saturated heterocycles. The molecule has 0 unspecified atom stereocenters. The van der Waals surface area contributed by atoms with E-state index in [4.69, 9.17) is 0 Å². The molecule has 0 atom stereocenters. The molecular formula is H8I2N4Ru-4. The molecule has 0 fully saturated rings. The second-order valence-corrected chi connectivity index (χ2v) is 13.4. The molecule has 4 nitrogen and oxygen atoms in total. The summed E-state index contributed by atoms with van der Waals surface area (Å²) in [7, 11) is 0.650. The summed E-state index contributed by atoms with van der Waals surface area (Å²) in [5.74, 6) is 0. The normalized spacial score (nSPS) is 3.14. The maximum atomic E-state index is 2.37. The predicted molar refractivity (Wildman–Crippen MR) is 49.2 cm³/mol. The molecule has 7 heteroatoms. The largest absolute Gasteiger partial charge is 0.693 e. The van der Waals surface area contributed by atoms with E-state index in [9.17, 15) is 0 Å². The van der Waals surface area contributed by atoms with Gasteiger partial charge in [-0.05, 0) is 0 Å². The van der Waals surface area contributed by atoms with Gasteiger partial charge in [0.15, 0.2) is 0 Å². The first kappa shape index (κ1) is 36.4. The average molecular weight is 419 g/mol. The Morgan fingerprint density at radius 3 is 0.714 bits per heavy atom. The average Bonchev–Trinajstić information content (AvgIpc) is 0.918. The van der Waals surface area contributed by atoms with E-state index in [2.05, 4.69) is 39.5 Å². The van der Waals surface area contributed by atoms with Gasteiger partial charge in [-0.15, -0.1) is 0 Å². The number of hydrogen-bond acceptors (Lipinski definition) is 0. The summed E-state index contributed by atoms with van der Waals surface area (Å²) >= 11 is 4.73. The summed E-state index contributed by atoms with van der Waals surface area (Å²) in [5.41, 5.74) is 0. The zero-order valence-corrected chi connectivity index (χ0v) is 9.47. The van der Waals surface area contributed by atoms with Crippen molar-refractivity contribution in [3.63, 3.8) is 0 Å². The molecular weight excluding hydrogens is 411 g/mol. The molecule has 0 spiro atoms. The second-order valence-electron chi connectivity index (χ2n) is 0.0505. The van der Waals surface area contributed by atoms with E-state index >= 15 is 0 Å². The van der Waals surface area contributed by atoms with Crippen molar-refractivity contribution in [1.29, 1.82) is 0 Å². The number of halogens is 2. The van der Waals surface area contributed by atoms with Crippen LogP contribution >= 0.6 is 39.5 Å². The van der Waals surface area contributed by atoms with Gasteiger partial charge in [0.05, 0.1) is 0 Å². The summed E-state index contributed by atoms with van der Waals surface area (Å²) in [6.07, 6.45) is 0. The molecule has 0 aliphatic rings. The number of hydrogen-bond donors (Lipinski definition) is 0. The van der Waals surface area contributed by atoms with Crippen molar-refractivity contribution in [3.05, 3.63) is 24.6 Å². The first-order valence-corrected chi connectivity index (χ1v) is 10.6. The van der Waals surface area contributed by atoms with Crippen LogP contribution in [0.15, 0.2) is 0 Å². The fourth-order valence-electron chi connectivity index (χ4n) is 0. The van der Waals surface area contributed by atoms with Crippen molar-refractivity contribution in [2.45, 2.75) is 0 Å². The van der Waals surface area contributed by atoms with Crippen LogP contribution in [-0.2, 0) is 10.1 Å². The fraction of sp³-hybridized carbons (Fsp3) is 0. The third-order valence-corrected chi connectivity index (χ3v) is 0. The third-order valence-electron chi connectivity index (χ3n) is 0. The van der Waals surface area contributed by atoms with E-state index in [-0.39, 0.29) is 24.6 Å².